The molecule has 0 spiro atoms. The average molecular weight is 300 g/mol. The molecule has 5 heteroatoms. The molecular weight excluding hydrogens is 290 g/mol. The average Bonchev–Trinajstić information content (AvgIpc) is 3.06. The van der Waals surface area contributed by atoms with Crippen LogP contribution >= 0.6 is 11.3 Å². The Kier molecular flexibility index (Phi) is 2.75. The number of hydrogen-bond donors (Lipinski definition) is 0. The number of benzene rings is 2. The van der Waals surface area contributed by atoms with Gasteiger partial charge in [0.25, 0.3) is 0 Å². The van der Waals surface area contributed by atoms with E-state index in [1.165, 1.54) is 16.2 Å². The summed E-state index contributed by atoms with van der Waals surface area (Å²) < 4.78 is 29.7. The van der Waals surface area contributed by atoms with Crippen LogP contribution in [0.15, 0.2) is 48.1 Å². The van der Waals surface area contributed by atoms with E-state index in [0.717, 1.165) is 11.6 Å². The SMILES string of the molecule is Fc1cc2ncn(Cc3csc4ccccc34)c2cc1F. The fraction of sp³-hybridized carbons (Fsp3) is 0.0625. The van der Waals surface area contributed by atoms with Crippen LogP contribution in [0.3, 0.4) is 0 Å². The minimum Gasteiger partial charge on any atom is -0.326 e. The Labute approximate surface area is 123 Å². The topological polar surface area (TPSA) is 17.8 Å². The van der Waals surface area contributed by atoms with E-state index in [1.807, 2.05) is 16.7 Å². The predicted molar refractivity (Wildman–Crippen MR) is 80.6 cm³/mol. The van der Waals surface area contributed by atoms with Gasteiger partial charge in [-0.15, -0.1) is 11.3 Å². The van der Waals surface area contributed by atoms with Crippen molar-refractivity contribution in [1.29, 1.82) is 0 Å². The van der Waals surface area contributed by atoms with Crippen molar-refractivity contribution in [3.8, 4) is 0 Å². The largest absolute Gasteiger partial charge is 0.326 e. The molecule has 0 N–H and O–H groups in total. The number of rotatable bonds is 2. The lowest BCUT2D eigenvalue weighted by Crippen LogP contribution is -1.97. The number of halogens is 2. The molecule has 2 heterocycles. The van der Waals surface area contributed by atoms with Crippen LogP contribution in [0.2, 0.25) is 0 Å². The first kappa shape index (κ1) is 12.5. The van der Waals surface area contributed by atoms with Gasteiger partial charge in [-0.05, 0) is 22.4 Å². The fourth-order valence-corrected chi connectivity index (χ4v) is 3.47. The molecule has 21 heavy (non-hydrogen) atoms. The van der Waals surface area contributed by atoms with Gasteiger partial charge >= 0.3 is 0 Å². The van der Waals surface area contributed by atoms with E-state index in [0.29, 0.717) is 17.6 Å². The molecule has 0 unspecified atom stereocenters. The molecule has 2 nitrogen and oxygen atoms in total. The van der Waals surface area contributed by atoms with Crippen molar-refractivity contribution in [3.63, 3.8) is 0 Å². The number of nitrogens with zero attached hydrogens (tertiary/aromatic N) is 2. The number of thiophene rings is 1. The Morgan fingerprint density at radius 3 is 2.81 bits per heavy atom. The van der Waals surface area contributed by atoms with E-state index < -0.39 is 11.6 Å². The Bertz CT molecular complexity index is 955. The zero-order valence-corrected chi connectivity index (χ0v) is 11.7. The van der Waals surface area contributed by atoms with Gasteiger partial charge in [-0.2, -0.15) is 0 Å². The number of hydrogen-bond acceptors (Lipinski definition) is 2. The summed E-state index contributed by atoms with van der Waals surface area (Å²) in [5, 5.41) is 3.28. The maximum atomic E-state index is 13.4. The lowest BCUT2D eigenvalue weighted by Gasteiger charge is -2.04. The normalized spacial score (nSPS) is 11.5. The van der Waals surface area contributed by atoms with Crippen LogP contribution in [0, 0.1) is 11.6 Å². The molecule has 0 saturated carbocycles. The Balaban J connectivity index is 1.82. The summed E-state index contributed by atoms with van der Waals surface area (Å²) in [6.45, 7) is 0.589. The molecule has 104 valence electrons. The smallest absolute Gasteiger partial charge is 0.161 e. The van der Waals surface area contributed by atoms with Gasteiger partial charge in [-0.1, -0.05) is 18.2 Å². The first-order chi connectivity index (χ1) is 10.2. The zero-order chi connectivity index (χ0) is 14.4. The van der Waals surface area contributed by atoms with E-state index in [1.54, 1.807) is 17.7 Å². The van der Waals surface area contributed by atoms with Crippen LogP contribution in [0.25, 0.3) is 21.1 Å². The third-order valence-electron chi connectivity index (χ3n) is 3.56. The van der Waals surface area contributed by atoms with Crippen LogP contribution in [0.1, 0.15) is 5.56 Å². The van der Waals surface area contributed by atoms with E-state index in [2.05, 4.69) is 22.5 Å². The molecule has 4 rings (SSSR count). The van der Waals surface area contributed by atoms with Crippen molar-refractivity contribution in [2.24, 2.45) is 0 Å². The van der Waals surface area contributed by atoms with Gasteiger partial charge < -0.3 is 4.57 Å². The minimum atomic E-state index is -0.867. The van der Waals surface area contributed by atoms with Crippen molar-refractivity contribution < 1.29 is 8.78 Å². The summed E-state index contributed by atoms with van der Waals surface area (Å²) in [6.07, 6.45) is 1.62. The molecule has 0 radical (unpaired) electrons. The van der Waals surface area contributed by atoms with Crippen molar-refractivity contribution >= 4 is 32.5 Å². The van der Waals surface area contributed by atoms with Crippen molar-refractivity contribution in [3.05, 3.63) is 65.3 Å². The van der Waals surface area contributed by atoms with Gasteiger partial charge in [-0.3, -0.25) is 0 Å². The molecule has 0 atom stereocenters. The molecule has 0 aliphatic carbocycles. The van der Waals surface area contributed by atoms with Gasteiger partial charge in [0.1, 0.15) is 0 Å². The lowest BCUT2D eigenvalue weighted by molar-refractivity contribution is 0.510. The molecule has 4 aromatic rings. The molecule has 0 aliphatic heterocycles. The Morgan fingerprint density at radius 2 is 1.90 bits per heavy atom. The second-order valence-electron chi connectivity index (χ2n) is 4.88. The highest BCUT2D eigenvalue weighted by molar-refractivity contribution is 7.17. The fourth-order valence-electron chi connectivity index (χ4n) is 2.52. The van der Waals surface area contributed by atoms with E-state index in [-0.39, 0.29) is 0 Å². The van der Waals surface area contributed by atoms with Gasteiger partial charge in [0.15, 0.2) is 11.6 Å². The number of fused-ring (bicyclic) bond motifs is 2. The maximum Gasteiger partial charge on any atom is 0.161 e. The van der Waals surface area contributed by atoms with Gasteiger partial charge in [0, 0.05) is 16.8 Å². The third-order valence-corrected chi connectivity index (χ3v) is 4.58. The van der Waals surface area contributed by atoms with Crippen LogP contribution in [0.4, 0.5) is 8.78 Å². The van der Waals surface area contributed by atoms with Crippen molar-refractivity contribution in [2.75, 3.05) is 0 Å². The summed E-state index contributed by atoms with van der Waals surface area (Å²) >= 11 is 1.68. The molecule has 0 saturated heterocycles. The van der Waals surface area contributed by atoms with Gasteiger partial charge in [-0.25, -0.2) is 13.8 Å². The quantitative estimate of drug-likeness (QED) is 0.530. The summed E-state index contributed by atoms with van der Waals surface area (Å²) in [5.74, 6) is -1.71. The summed E-state index contributed by atoms with van der Waals surface area (Å²) in [6, 6.07) is 10.5. The number of aromatic nitrogens is 2. The predicted octanol–water partition coefficient (Wildman–Crippen LogP) is 4.58. The van der Waals surface area contributed by atoms with Crippen molar-refractivity contribution in [2.45, 2.75) is 6.54 Å². The lowest BCUT2D eigenvalue weighted by atomic mass is 10.2. The first-order valence-corrected chi connectivity index (χ1v) is 7.35. The molecule has 2 aromatic carbocycles. The molecule has 0 amide bonds. The third kappa shape index (κ3) is 2.01. The standard InChI is InChI=1S/C16H10F2N2S/c17-12-5-14-15(6-13(12)18)20(9-19-14)7-10-8-21-16-4-2-1-3-11(10)16/h1-6,8-9H,7H2. The van der Waals surface area contributed by atoms with Crippen LogP contribution in [0.5, 0.6) is 0 Å². The van der Waals surface area contributed by atoms with Crippen LogP contribution in [-0.4, -0.2) is 9.55 Å². The first-order valence-electron chi connectivity index (χ1n) is 6.47. The summed E-state index contributed by atoms with van der Waals surface area (Å²) in [7, 11) is 0. The highest BCUT2D eigenvalue weighted by Crippen LogP contribution is 2.27. The molecule has 0 fully saturated rings. The van der Waals surface area contributed by atoms with E-state index in [9.17, 15) is 8.78 Å². The summed E-state index contributed by atoms with van der Waals surface area (Å²) in [5.41, 5.74) is 2.22. The van der Waals surface area contributed by atoms with Gasteiger partial charge in [0.2, 0.25) is 0 Å². The zero-order valence-electron chi connectivity index (χ0n) is 10.9. The molecular formula is C16H10F2N2S. The monoisotopic (exact) mass is 300 g/mol. The minimum absolute atomic E-state index is 0.466. The van der Waals surface area contributed by atoms with E-state index in [4.69, 9.17) is 0 Å². The second kappa shape index (κ2) is 4.63. The molecule has 0 bridgehead atoms. The van der Waals surface area contributed by atoms with Crippen LogP contribution < -0.4 is 0 Å². The number of imidazole rings is 1. The molecule has 2 aromatic heterocycles. The Hall–Kier alpha value is -2.27. The van der Waals surface area contributed by atoms with Gasteiger partial charge in [0.05, 0.1) is 23.9 Å². The summed E-state index contributed by atoms with van der Waals surface area (Å²) in [4.78, 5) is 4.14. The van der Waals surface area contributed by atoms with Crippen LogP contribution in [-0.2, 0) is 6.54 Å². The maximum absolute atomic E-state index is 13.4. The highest BCUT2D eigenvalue weighted by Gasteiger charge is 2.11. The molecule has 0 aliphatic rings. The highest BCUT2D eigenvalue weighted by atomic mass is 32.1. The van der Waals surface area contributed by atoms with E-state index >= 15 is 0 Å². The Morgan fingerprint density at radius 1 is 1.10 bits per heavy atom. The second-order valence-corrected chi connectivity index (χ2v) is 5.80. The van der Waals surface area contributed by atoms with Crippen molar-refractivity contribution in [1.82, 2.24) is 9.55 Å².